The van der Waals surface area contributed by atoms with Crippen LogP contribution in [0.15, 0.2) is 14.4 Å². The molecule has 14 heavy (non-hydrogen) atoms. The zero-order valence-corrected chi connectivity index (χ0v) is 7.38. The molecule has 0 aliphatic carbocycles. The van der Waals surface area contributed by atoms with Gasteiger partial charge in [0.15, 0.2) is 0 Å². The van der Waals surface area contributed by atoms with Gasteiger partial charge in [-0.3, -0.25) is 24.7 Å². The molecule has 0 aromatic carbocycles. The van der Waals surface area contributed by atoms with Crippen molar-refractivity contribution in [2.75, 3.05) is 0 Å². The average Bonchev–Trinajstić information content (AvgIpc) is 2.49. The molecule has 0 radical (unpaired) electrons. The summed E-state index contributed by atoms with van der Waals surface area (Å²) in [5.74, 6) is 0. The Morgan fingerprint density at radius 3 is 1.86 bits per heavy atom. The third-order valence-electron chi connectivity index (χ3n) is 1.42. The van der Waals surface area contributed by atoms with Crippen LogP contribution >= 0.6 is 0 Å². The van der Waals surface area contributed by atoms with E-state index in [4.69, 9.17) is 3.83 Å². The number of nitrogens with one attached hydrogen (secondary N) is 4. The molecule has 0 fully saturated rings. The first-order valence-corrected chi connectivity index (χ1v) is 3.62. The molecule has 0 atom stereocenters. The van der Waals surface area contributed by atoms with Gasteiger partial charge in [-0.05, 0) is 0 Å². The van der Waals surface area contributed by atoms with Gasteiger partial charge in [0.25, 0.3) is 5.56 Å². The first-order chi connectivity index (χ1) is 6.66. The third-order valence-corrected chi connectivity index (χ3v) is 1.42. The van der Waals surface area contributed by atoms with Crippen LogP contribution in [0, 0.1) is 0 Å². The van der Waals surface area contributed by atoms with Crippen molar-refractivity contribution in [3.8, 4) is 0 Å². The average molecular weight is 248 g/mol. The van der Waals surface area contributed by atoms with E-state index < -0.39 is 16.9 Å². The van der Waals surface area contributed by atoms with Crippen molar-refractivity contribution in [2.45, 2.75) is 0 Å². The Hall–Kier alpha value is -1.73. The van der Waals surface area contributed by atoms with E-state index in [1.54, 1.807) is 0 Å². The maximum atomic E-state index is 10.9. The predicted octanol–water partition coefficient (Wildman–Crippen LogP) is -1.89. The molecule has 0 saturated heterocycles. The van der Waals surface area contributed by atoms with E-state index in [0.29, 0.717) is 0 Å². The second-order valence-electron chi connectivity index (χ2n) is 2.24. The van der Waals surface area contributed by atoms with E-state index in [0.717, 1.165) is 0 Å². The summed E-state index contributed by atoms with van der Waals surface area (Å²) in [6, 6.07) is 0. The van der Waals surface area contributed by atoms with Crippen LogP contribution in [0.25, 0.3) is 11.2 Å². The van der Waals surface area contributed by atoms with E-state index in [2.05, 4.69) is 30.9 Å². The molecule has 4 N–H and O–H groups in total. The van der Waals surface area contributed by atoms with E-state index in [1.165, 1.54) is 0 Å². The summed E-state index contributed by atoms with van der Waals surface area (Å²) >= 11 is 2.94. The van der Waals surface area contributed by atoms with Crippen molar-refractivity contribution in [1.82, 2.24) is 19.9 Å². The normalized spacial score (nSPS) is 9.57. The number of aromatic nitrogens is 4. The molecule has 2 rings (SSSR count). The van der Waals surface area contributed by atoms with Gasteiger partial charge in [0, 0.05) is 0 Å². The number of rotatable bonds is 0. The summed E-state index contributed by atoms with van der Waals surface area (Å²) < 4.78 is 7.81. The minimum absolute atomic E-state index is 0.0413. The zero-order chi connectivity index (χ0) is 10.7. The van der Waals surface area contributed by atoms with Crippen LogP contribution < -0.4 is 16.9 Å². The summed E-state index contributed by atoms with van der Waals surface area (Å²) in [5, 5.41) is 0. The summed E-state index contributed by atoms with van der Waals surface area (Å²) in [4.78, 5) is 41.0. The van der Waals surface area contributed by atoms with Gasteiger partial charge in [0.2, 0.25) is 0 Å². The standard InChI is InChI=1S/C5H4N4O3.Cu.O/c10-3-1-2(7-4(11)6-1)8-5(12)9-3;;/h(H4,6,7,8,9,10,11,12);;. The fraction of sp³-hybridized carbons (Fsp3) is 0. The Morgan fingerprint density at radius 2 is 1.29 bits per heavy atom. The van der Waals surface area contributed by atoms with Gasteiger partial charge in [-0.2, -0.15) is 0 Å². The monoisotopic (exact) mass is 247 g/mol. The zero-order valence-electron chi connectivity index (χ0n) is 6.43. The topological polar surface area (TPSA) is 131 Å². The Labute approximate surface area is 82.8 Å². The SMILES string of the molecule is O=c1[nH]c(=O)c2[nH]c(=O)[nH]c2[nH]1.[O]=[Cu]. The number of hydrogen-bond donors (Lipinski definition) is 4. The van der Waals surface area contributed by atoms with Crippen LogP contribution in [0.4, 0.5) is 0 Å². The van der Waals surface area contributed by atoms with E-state index in [1.807, 2.05) is 4.98 Å². The molecule has 9 heteroatoms. The number of fused-ring (bicyclic) bond motifs is 1. The number of imidazole rings is 1. The van der Waals surface area contributed by atoms with Gasteiger partial charge in [-0.1, -0.05) is 0 Å². The molecule has 0 aliphatic heterocycles. The summed E-state index contributed by atoms with van der Waals surface area (Å²) in [5.41, 5.74) is -1.65. The van der Waals surface area contributed by atoms with Crippen molar-refractivity contribution >= 4 is 11.2 Å². The number of H-pyrrole nitrogens is 4. The van der Waals surface area contributed by atoms with Gasteiger partial charge in [0.05, 0.1) is 0 Å². The molecule has 79 valence electrons. The second kappa shape index (κ2) is 3.99. The maximum absolute atomic E-state index is 10.9. The Balaban J connectivity index is 0.000000461. The molecule has 0 bridgehead atoms. The van der Waals surface area contributed by atoms with Crippen LogP contribution in [0.1, 0.15) is 0 Å². The summed E-state index contributed by atoms with van der Waals surface area (Å²) in [6.45, 7) is 0. The number of aromatic amines is 4. The van der Waals surface area contributed by atoms with Crippen molar-refractivity contribution in [3.63, 3.8) is 0 Å². The predicted molar refractivity (Wildman–Crippen MR) is 40.8 cm³/mol. The minimum atomic E-state index is -0.650. The van der Waals surface area contributed by atoms with Crippen LogP contribution in [-0.2, 0) is 19.8 Å². The quantitative estimate of drug-likeness (QED) is 0.405. The fourth-order valence-electron chi connectivity index (χ4n) is 0.958. The van der Waals surface area contributed by atoms with Crippen LogP contribution in [-0.4, -0.2) is 19.9 Å². The third kappa shape index (κ3) is 1.78. The molecule has 2 aromatic heterocycles. The molecule has 2 heterocycles. The Morgan fingerprint density at radius 1 is 0.786 bits per heavy atom. The first kappa shape index (κ1) is 10.4. The van der Waals surface area contributed by atoms with Gasteiger partial charge in [-0.15, -0.1) is 0 Å². The Bertz CT molecular complexity index is 604. The van der Waals surface area contributed by atoms with Crippen LogP contribution in [0.3, 0.4) is 0 Å². The second-order valence-corrected chi connectivity index (χ2v) is 2.24. The molecule has 2 aromatic rings. The van der Waals surface area contributed by atoms with Crippen molar-refractivity contribution in [1.29, 1.82) is 0 Å². The fourth-order valence-corrected chi connectivity index (χ4v) is 0.958. The van der Waals surface area contributed by atoms with Gasteiger partial charge < -0.3 is 0 Å². The Kier molecular flexibility index (Phi) is 2.95. The van der Waals surface area contributed by atoms with Gasteiger partial charge in [0.1, 0.15) is 11.2 Å². The molecule has 0 saturated carbocycles. The van der Waals surface area contributed by atoms with E-state index in [9.17, 15) is 14.4 Å². The van der Waals surface area contributed by atoms with E-state index >= 15 is 0 Å². The molecular formula is C5H4CuN4O4. The molecule has 0 unspecified atom stereocenters. The van der Waals surface area contributed by atoms with Crippen molar-refractivity contribution in [2.24, 2.45) is 0 Å². The molecule has 0 aliphatic rings. The number of hydrogen-bond acceptors (Lipinski definition) is 4. The van der Waals surface area contributed by atoms with Crippen molar-refractivity contribution < 1.29 is 19.8 Å². The van der Waals surface area contributed by atoms with E-state index in [-0.39, 0.29) is 11.2 Å². The molecular weight excluding hydrogens is 244 g/mol. The first-order valence-electron chi connectivity index (χ1n) is 3.24. The summed E-state index contributed by atoms with van der Waals surface area (Å²) in [6.07, 6.45) is 0. The van der Waals surface area contributed by atoms with Gasteiger partial charge in [-0.25, -0.2) is 9.59 Å². The molecule has 8 nitrogen and oxygen atoms in total. The van der Waals surface area contributed by atoms with Crippen LogP contribution in [0.2, 0.25) is 0 Å². The molecule has 0 spiro atoms. The molecule has 0 amide bonds. The summed E-state index contributed by atoms with van der Waals surface area (Å²) in [7, 11) is 0. The van der Waals surface area contributed by atoms with Crippen LogP contribution in [0.5, 0.6) is 0 Å². The van der Waals surface area contributed by atoms with Gasteiger partial charge >= 0.3 is 31.2 Å². The van der Waals surface area contributed by atoms with Crippen molar-refractivity contribution in [3.05, 3.63) is 31.3 Å².